The van der Waals surface area contributed by atoms with Crippen LogP contribution < -0.4 is 0 Å². The van der Waals surface area contributed by atoms with Gasteiger partial charge in [-0.25, -0.2) is 9.78 Å². The lowest BCUT2D eigenvalue weighted by molar-refractivity contribution is -0.568. The molecule has 1 spiro atoms. The smallest absolute Gasteiger partial charge is 0.204 e. The number of hydrogen-bond acceptors (Lipinski definition) is 4. The molecule has 114 valence electrons. The van der Waals surface area contributed by atoms with Gasteiger partial charge in [-0.05, 0) is 43.4 Å². The molecule has 4 heteroatoms. The molecule has 20 heavy (non-hydrogen) atoms. The Bertz CT molecular complexity index is 383. The van der Waals surface area contributed by atoms with Gasteiger partial charge in [-0.1, -0.05) is 20.3 Å². The normalized spacial score (nSPS) is 54.3. The van der Waals surface area contributed by atoms with Crippen LogP contribution in [0.5, 0.6) is 0 Å². The Balaban J connectivity index is 1.74. The second-order valence-corrected chi connectivity index (χ2v) is 7.19. The van der Waals surface area contributed by atoms with E-state index in [-0.39, 0.29) is 11.9 Å². The van der Waals surface area contributed by atoms with Gasteiger partial charge in [0.25, 0.3) is 0 Å². The molecule has 0 unspecified atom stereocenters. The van der Waals surface area contributed by atoms with Crippen molar-refractivity contribution in [1.82, 2.24) is 0 Å². The predicted molar refractivity (Wildman–Crippen MR) is 72.6 cm³/mol. The molecule has 4 saturated heterocycles. The van der Waals surface area contributed by atoms with Crippen molar-refractivity contribution in [2.24, 2.45) is 17.8 Å². The summed E-state index contributed by atoms with van der Waals surface area (Å²) in [5, 5.41) is 0. The number of fused-ring (bicyclic) bond motifs is 2. The third-order valence-corrected chi connectivity index (χ3v) is 6.11. The van der Waals surface area contributed by atoms with Gasteiger partial charge in [0.1, 0.15) is 0 Å². The second-order valence-electron chi connectivity index (χ2n) is 7.19. The van der Waals surface area contributed by atoms with Gasteiger partial charge in [0, 0.05) is 12.8 Å². The van der Waals surface area contributed by atoms with Crippen molar-refractivity contribution in [2.75, 3.05) is 6.61 Å². The molecular formula is C16H26O4. The van der Waals surface area contributed by atoms with E-state index in [0.29, 0.717) is 17.8 Å². The van der Waals surface area contributed by atoms with Gasteiger partial charge in [0.15, 0.2) is 11.9 Å². The third-order valence-electron chi connectivity index (χ3n) is 6.11. The molecule has 5 aliphatic rings. The number of rotatable bonds is 2. The average Bonchev–Trinajstić information content (AvgIpc) is 2.69. The van der Waals surface area contributed by atoms with Crippen molar-refractivity contribution in [2.45, 2.75) is 76.5 Å². The first-order valence-corrected chi connectivity index (χ1v) is 8.36. The zero-order valence-electron chi connectivity index (χ0n) is 12.6. The molecular weight excluding hydrogens is 256 g/mol. The van der Waals surface area contributed by atoms with Crippen molar-refractivity contribution >= 4 is 0 Å². The maximum Gasteiger partial charge on any atom is 0.204 e. The van der Waals surface area contributed by atoms with Gasteiger partial charge >= 0.3 is 0 Å². The van der Waals surface area contributed by atoms with Gasteiger partial charge in [0.2, 0.25) is 5.79 Å². The van der Waals surface area contributed by atoms with Crippen molar-refractivity contribution in [1.29, 1.82) is 0 Å². The molecule has 0 amide bonds. The van der Waals surface area contributed by atoms with Gasteiger partial charge in [-0.15, -0.1) is 0 Å². The highest BCUT2D eigenvalue weighted by molar-refractivity contribution is 5.07. The molecule has 0 aromatic rings. The monoisotopic (exact) mass is 282 g/mol. The van der Waals surface area contributed by atoms with Crippen molar-refractivity contribution in [3.05, 3.63) is 0 Å². The summed E-state index contributed by atoms with van der Waals surface area (Å²) in [6, 6.07) is 0. The number of ether oxygens (including phenoxy) is 2. The van der Waals surface area contributed by atoms with Gasteiger partial charge < -0.3 is 9.47 Å². The predicted octanol–water partition coefficient (Wildman–Crippen LogP) is 3.40. The highest BCUT2D eigenvalue weighted by atomic mass is 17.3. The molecule has 4 nitrogen and oxygen atoms in total. The van der Waals surface area contributed by atoms with E-state index in [1.807, 2.05) is 0 Å². The Morgan fingerprint density at radius 3 is 2.85 bits per heavy atom. The quantitative estimate of drug-likeness (QED) is 0.727. The van der Waals surface area contributed by atoms with Gasteiger partial charge in [-0.2, -0.15) is 0 Å². The molecule has 1 aliphatic carbocycles. The van der Waals surface area contributed by atoms with E-state index in [4.69, 9.17) is 19.2 Å². The van der Waals surface area contributed by atoms with Crippen LogP contribution in [0.3, 0.4) is 0 Å². The van der Waals surface area contributed by atoms with Crippen LogP contribution >= 0.6 is 0 Å². The van der Waals surface area contributed by atoms with E-state index in [1.165, 1.54) is 12.8 Å². The van der Waals surface area contributed by atoms with Crippen LogP contribution in [0.2, 0.25) is 0 Å². The Morgan fingerprint density at radius 1 is 1.10 bits per heavy atom. The summed E-state index contributed by atoms with van der Waals surface area (Å²) in [4.78, 5) is 12.0. The minimum absolute atomic E-state index is 0.225. The zero-order valence-corrected chi connectivity index (χ0v) is 12.6. The van der Waals surface area contributed by atoms with Crippen LogP contribution in [0, 0.1) is 17.8 Å². The first-order chi connectivity index (χ1) is 9.70. The SMILES string of the molecule is CCC[C@@]12CC[C@H]3[C@H](C)CC[C@H]4CCO[C@H](O1)[C@]43OO2. The Morgan fingerprint density at radius 2 is 2.00 bits per heavy atom. The first-order valence-electron chi connectivity index (χ1n) is 8.36. The molecule has 5 rings (SSSR count). The summed E-state index contributed by atoms with van der Waals surface area (Å²) in [5.41, 5.74) is -0.344. The fraction of sp³-hybridized carbons (Fsp3) is 1.00. The van der Waals surface area contributed by atoms with E-state index in [2.05, 4.69) is 13.8 Å². The van der Waals surface area contributed by atoms with Crippen LogP contribution in [-0.4, -0.2) is 24.3 Å². The molecule has 2 bridgehead atoms. The summed E-state index contributed by atoms with van der Waals surface area (Å²) >= 11 is 0. The van der Waals surface area contributed by atoms with E-state index >= 15 is 0 Å². The summed E-state index contributed by atoms with van der Waals surface area (Å²) in [6.45, 7) is 5.32. The third kappa shape index (κ3) is 1.68. The molecule has 1 saturated carbocycles. The van der Waals surface area contributed by atoms with Gasteiger partial charge in [0.05, 0.1) is 6.61 Å². The summed E-state index contributed by atoms with van der Waals surface area (Å²) in [6.07, 6.45) is 7.35. The maximum atomic E-state index is 6.35. The number of hydrogen-bond donors (Lipinski definition) is 0. The van der Waals surface area contributed by atoms with Crippen LogP contribution in [-0.2, 0) is 19.2 Å². The average molecular weight is 282 g/mol. The molecule has 0 radical (unpaired) electrons. The fourth-order valence-electron chi connectivity index (χ4n) is 5.07. The summed E-state index contributed by atoms with van der Waals surface area (Å²) < 4.78 is 12.4. The molecule has 5 fully saturated rings. The van der Waals surface area contributed by atoms with Crippen molar-refractivity contribution in [3.8, 4) is 0 Å². The van der Waals surface area contributed by atoms with E-state index in [0.717, 1.165) is 38.7 Å². The highest BCUT2D eigenvalue weighted by Crippen LogP contribution is 2.59. The molecule has 6 atom stereocenters. The lowest BCUT2D eigenvalue weighted by atomic mass is 9.61. The molecule has 4 aliphatic heterocycles. The van der Waals surface area contributed by atoms with E-state index in [1.54, 1.807) is 0 Å². The van der Waals surface area contributed by atoms with Crippen molar-refractivity contribution in [3.63, 3.8) is 0 Å². The minimum Gasteiger partial charge on any atom is -0.349 e. The summed E-state index contributed by atoms with van der Waals surface area (Å²) in [7, 11) is 0. The summed E-state index contributed by atoms with van der Waals surface area (Å²) in [5.74, 6) is 1.13. The lowest BCUT2D eigenvalue weighted by Gasteiger charge is -2.57. The maximum absolute atomic E-state index is 6.35. The standard InChI is InChI=1S/C16H26O4/c1-3-8-15-9-6-13-11(2)4-5-12-7-10-17-14(18-15)16(12,13)20-19-15/h11-14H,3-10H2,1-2H3/t11-,12+,13+,14-,15-,16+/m1/s1. The Labute approximate surface area is 121 Å². The fourth-order valence-corrected chi connectivity index (χ4v) is 5.07. The van der Waals surface area contributed by atoms with Crippen LogP contribution in [0.25, 0.3) is 0 Å². The Hall–Kier alpha value is -0.160. The molecule has 0 aromatic heterocycles. The Kier molecular flexibility index (Phi) is 3.15. The van der Waals surface area contributed by atoms with Gasteiger partial charge in [-0.3, -0.25) is 0 Å². The van der Waals surface area contributed by atoms with Crippen molar-refractivity contribution < 1.29 is 19.2 Å². The molecule has 0 N–H and O–H groups in total. The van der Waals surface area contributed by atoms with Crippen LogP contribution in [0.15, 0.2) is 0 Å². The second kappa shape index (κ2) is 4.67. The zero-order chi connectivity index (χ0) is 13.8. The topological polar surface area (TPSA) is 36.9 Å². The van der Waals surface area contributed by atoms with E-state index < -0.39 is 5.79 Å². The minimum atomic E-state index is -0.566. The van der Waals surface area contributed by atoms with Crippen LogP contribution in [0.1, 0.15) is 58.8 Å². The first kappa shape index (κ1) is 13.5. The molecule has 0 aromatic carbocycles. The molecule has 4 heterocycles. The largest absolute Gasteiger partial charge is 0.349 e. The lowest BCUT2D eigenvalue weighted by Crippen LogP contribution is -2.67. The van der Waals surface area contributed by atoms with E-state index in [9.17, 15) is 0 Å². The highest BCUT2D eigenvalue weighted by Gasteiger charge is 2.67. The van der Waals surface area contributed by atoms with Crippen LogP contribution in [0.4, 0.5) is 0 Å².